The smallest absolute Gasteiger partial charge is 0.223 e. The van der Waals surface area contributed by atoms with E-state index in [0.717, 1.165) is 31.2 Å². The second-order valence-corrected chi connectivity index (χ2v) is 7.60. The summed E-state index contributed by atoms with van der Waals surface area (Å²) in [7, 11) is 0. The Bertz CT molecular complexity index is 550. The maximum atomic E-state index is 12.5. The van der Waals surface area contributed by atoms with Crippen molar-refractivity contribution in [3.63, 3.8) is 0 Å². The Kier molecular flexibility index (Phi) is 4.36. The maximum absolute atomic E-state index is 12.5. The van der Waals surface area contributed by atoms with Crippen LogP contribution in [0.3, 0.4) is 0 Å². The number of carbonyl (C=O) groups is 1. The highest BCUT2D eigenvalue weighted by Crippen LogP contribution is 2.36. The van der Waals surface area contributed by atoms with Gasteiger partial charge in [-0.1, -0.05) is 25.7 Å². The van der Waals surface area contributed by atoms with Gasteiger partial charge in [0.05, 0.1) is 0 Å². The molecule has 3 fully saturated rings. The van der Waals surface area contributed by atoms with Crippen LogP contribution in [-0.4, -0.2) is 33.6 Å². The standard InChI is InChI=1S/C18H27N3O2/c22-17(21-12-13-5-4-8-15(21)11-13)10-9-16-19-20-18(23-16)14-6-2-1-3-7-14/h13-15H,1-12H2/t13-,15+/m0/s1. The van der Waals surface area contributed by atoms with E-state index in [2.05, 4.69) is 15.1 Å². The summed E-state index contributed by atoms with van der Waals surface area (Å²) in [5.41, 5.74) is 0. The summed E-state index contributed by atoms with van der Waals surface area (Å²) >= 11 is 0. The average molecular weight is 317 g/mol. The summed E-state index contributed by atoms with van der Waals surface area (Å²) in [5.74, 6) is 2.90. The van der Waals surface area contributed by atoms with Crippen LogP contribution < -0.4 is 0 Å². The second-order valence-electron chi connectivity index (χ2n) is 7.60. The van der Waals surface area contributed by atoms with Crippen molar-refractivity contribution in [1.29, 1.82) is 0 Å². The molecule has 2 bridgehead atoms. The predicted molar refractivity (Wildman–Crippen MR) is 85.9 cm³/mol. The Morgan fingerprint density at radius 3 is 2.78 bits per heavy atom. The summed E-state index contributed by atoms with van der Waals surface area (Å²) in [6.07, 6.45) is 12.3. The number of likely N-dealkylation sites (tertiary alicyclic amines) is 1. The van der Waals surface area contributed by atoms with E-state index in [9.17, 15) is 4.79 Å². The zero-order valence-corrected chi connectivity index (χ0v) is 13.9. The van der Waals surface area contributed by atoms with Gasteiger partial charge >= 0.3 is 0 Å². The molecule has 2 aliphatic carbocycles. The highest BCUT2D eigenvalue weighted by Gasteiger charge is 2.37. The van der Waals surface area contributed by atoms with E-state index < -0.39 is 0 Å². The lowest BCUT2D eigenvalue weighted by molar-refractivity contribution is -0.132. The van der Waals surface area contributed by atoms with Crippen LogP contribution in [0.15, 0.2) is 4.42 Å². The van der Waals surface area contributed by atoms with Crippen LogP contribution in [0.2, 0.25) is 0 Å². The number of fused-ring (bicyclic) bond motifs is 2. The zero-order valence-electron chi connectivity index (χ0n) is 13.9. The van der Waals surface area contributed by atoms with Crippen molar-refractivity contribution in [1.82, 2.24) is 15.1 Å². The normalized spacial score (nSPS) is 28.3. The van der Waals surface area contributed by atoms with Gasteiger partial charge in [0.1, 0.15) is 0 Å². The first-order valence-electron chi connectivity index (χ1n) is 9.41. The maximum Gasteiger partial charge on any atom is 0.223 e. The molecule has 0 unspecified atom stereocenters. The van der Waals surface area contributed by atoms with Gasteiger partial charge in [-0.25, -0.2) is 0 Å². The number of rotatable bonds is 4. The van der Waals surface area contributed by atoms with Crippen LogP contribution in [0.5, 0.6) is 0 Å². The molecule has 4 rings (SSSR count). The summed E-state index contributed by atoms with van der Waals surface area (Å²) in [6.45, 7) is 0.973. The van der Waals surface area contributed by atoms with Gasteiger partial charge in [0.15, 0.2) is 0 Å². The minimum absolute atomic E-state index is 0.275. The van der Waals surface area contributed by atoms with Crippen LogP contribution in [-0.2, 0) is 11.2 Å². The molecule has 0 N–H and O–H groups in total. The van der Waals surface area contributed by atoms with Crippen LogP contribution in [0.1, 0.15) is 81.9 Å². The highest BCUT2D eigenvalue weighted by atomic mass is 16.4. The Morgan fingerprint density at radius 2 is 1.96 bits per heavy atom. The van der Waals surface area contributed by atoms with Gasteiger partial charge < -0.3 is 9.32 Å². The van der Waals surface area contributed by atoms with Crippen molar-refractivity contribution >= 4 is 5.91 Å². The van der Waals surface area contributed by atoms with E-state index in [-0.39, 0.29) is 5.91 Å². The van der Waals surface area contributed by atoms with Crippen molar-refractivity contribution in [3.05, 3.63) is 11.8 Å². The molecular weight excluding hydrogens is 290 g/mol. The van der Waals surface area contributed by atoms with Gasteiger partial charge in [0, 0.05) is 31.3 Å². The molecule has 0 spiro atoms. The van der Waals surface area contributed by atoms with Crippen molar-refractivity contribution in [2.45, 2.75) is 82.6 Å². The first kappa shape index (κ1) is 15.2. The van der Waals surface area contributed by atoms with Crippen LogP contribution in [0.4, 0.5) is 0 Å². The summed E-state index contributed by atoms with van der Waals surface area (Å²) in [4.78, 5) is 14.6. The molecule has 1 amide bonds. The fourth-order valence-corrected chi connectivity index (χ4v) is 4.68. The third kappa shape index (κ3) is 3.29. The first-order valence-corrected chi connectivity index (χ1v) is 9.41. The molecule has 23 heavy (non-hydrogen) atoms. The number of aromatic nitrogens is 2. The number of hydrogen-bond acceptors (Lipinski definition) is 4. The molecule has 2 atom stereocenters. The molecule has 5 heteroatoms. The molecule has 1 aliphatic heterocycles. The molecule has 5 nitrogen and oxygen atoms in total. The fraction of sp³-hybridized carbons (Fsp3) is 0.833. The molecule has 0 radical (unpaired) electrons. The number of amides is 1. The van der Waals surface area contributed by atoms with Crippen LogP contribution in [0.25, 0.3) is 0 Å². The van der Waals surface area contributed by atoms with Gasteiger partial charge in [-0.05, 0) is 38.0 Å². The van der Waals surface area contributed by atoms with Gasteiger partial charge in [-0.3, -0.25) is 4.79 Å². The number of hydrogen-bond donors (Lipinski definition) is 0. The largest absolute Gasteiger partial charge is 0.425 e. The van der Waals surface area contributed by atoms with Gasteiger partial charge in [-0.15, -0.1) is 10.2 Å². The number of carbonyl (C=O) groups excluding carboxylic acids is 1. The van der Waals surface area contributed by atoms with E-state index in [1.165, 1.54) is 44.9 Å². The van der Waals surface area contributed by atoms with Crippen molar-refractivity contribution in [3.8, 4) is 0 Å². The SMILES string of the molecule is O=C(CCc1nnc(C2CCCCC2)o1)N1C[C@H]2CCC[C@@H]1C2. The van der Waals surface area contributed by atoms with Crippen LogP contribution in [0, 0.1) is 5.92 Å². The summed E-state index contributed by atoms with van der Waals surface area (Å²) in [5, 5.41) is 8.40. The van der Waals surface area contributed by atoms with E-state index >= 15 is 0 Å². The molecule has 1 aromatic heterocycles. The minimum Gasteiger partial charge on any atom is -0.425 e. The lowest BCUT2D eigenvalue weighted by atomic mass is 9.89. The third-order valence-electron chi connectivity index (χ3n) is 5.96. The topological polar surface area (TPSA) is 59.2 Å². The molecule has 3 aliphatic rings. The Labute approximate surface area is 137 Å². The molecule has 0 aromatic carbocycles. The van der Waals surface area contributed by atoms with Crippen molar-refractivity contribution < 1.29 is 9.21 Å². The van der Waals surface area contributed by atoms with E-state index in [1.54, 1.807) is 0 Å². The third-order valence-corrected chi connectivity index (χ3v) is 5.96. The zero-order chi connectivity index (χ0) is 15.6. The molecular formula is C18H27N3O2. The Hall–Kier alpha value is -1.39. The van der Waals surface area contributed by atoms with Crippen molar-refractivity contribution in [2.75, 3.05) is 6.54 Å². The summed E-state index contributed by atoms with van der Waals surface area (Å²) < 4.78 is 5.83. The van der Waals surface area contributed by atoms with Gasteiger partial charge in [0.2, 0.25) is 17.7 Å². The Balaban J connectivity index is 1.30. The quantitative estimate of drug-likeness (QED) is 0.853. The van der Waals surface area contributed by atoms with Gasteiger partial charge in [-0.2, -0.15) is 0 Å². The lowest BCUT2D eigenvalue weighted by Gasteiger charge is -2.24. The number of aryl methyl sites for hydroxylation is 1. The monoisotopic (exact) mass is 317 g/mol. The minimum atomic E-state index is 0.275. The van der Waals surface area contributed by atoms with E-state index in [0.29, 0.717) is 30.7 Å². The lowest BCUT2D eigenvalue weighted by Crippen LogP contribution is -2.35. The molecule has 2 heterocycles. The van der Waals surface area contributed by atoms with E-state index in [1.807, 2.05) is 0 Å². The molecule has 1 saturated heterocycles. The van der Waals surface area contributed by atoms with Gasteiger partial charge in [0.25, 0.3) is 0 Å². The fourth-order valence-electron chi connectivity index (χ4n) is 4.68. The molecule has 126 valence electrons. The first-order chi connectivity index (χ1) is 11.3. The summed E-state index contributed by atoms with van der Waals surface area (Å²) in [6, 6.07) is 0.502. The molecule has 1 aromatic rings. The van der Waals surface area contributed by atoms with Crippen LogP contribution >= 0.6 is 0 Å². The number of nitrogens with zero attached hydrogens (tertiary/aromatic N) is 3. The highest BCUT2D eigenvalue weighted by molar-refractivity contribution is 5.77. The second kappa shape index (κ2) is 6.62. The predicted octanol–water partition coefficient (Wildman–Crippen LogP) is 3.45. The Morgan fingerprint density at radius 1 is 1.09 bits per heavy atom. The van der Waals surface area contributed by atoms with Crippen molar-refractivity contribution in [2.24, 2.45) is 5.92 Å². The van der Waals surface area contributed by atoms with E-state index in [4.69, 9.17) is 4.42 Å². The average Bonchev–Trinajstić information content (AvgIpc) is 3.18. The molecule has 2 saturated carbocycles.